The molecule has 2 N–H and O–H groups in total. The zero-order valence-corrected chi connectivity index (χ0v) is 13.7. The molecule has 0 unspecified atom stereocenters. The summed E-state index contributed by atoms with van der Waals surface area (Å²) in [5, 5.41) is 6.44. The molecule has 1 aliphatic heterocycles. The van der Waals surface area contributed by atoms with Crippen molar-refractivity contribution < 1.29 is 4.79 Å². The summed E-state index contributed by atoms with van der Waals surface area (Å²) in [4.78, 5) is 12.3. The first-order chi connectivity index (χ1) is 9.83. The minimum atomic E-state index is 0. The van der Waals surface area contributed by atoms with Gasteiger partial charge in [-0.15, -0.1) is 12.4 Å². The molecule has 0 radical (unpaired) electrons. The van der Waals surface area contributed by atoms with Crippen molar-refractivity contribution in [3.05, 3.63) is 35.4 Å². The summed E-state index contributed by atoms with van der Waals surface area (Å²) in [6.45, 7) is 5.07. The fraction of sp³-hybridized carbons (Fsp3) is 0.588. The lowest BCUT2D eigenvalue weighted by molar-refractivity contribution is 0.0951. The topological polar surface area (TPSA) is 41.1 Å². The predicted molar refractivity (Wildman–Crippen MR) is 90.4 cm³/mol. The molecule has 1 heterocycles. The van der Waals surface area contributed by atoms with Gasteiger partial charge in [-0.2, -0.15) is 0 Å². The van der Waals surface area contributed by atoms with Crippen molar-refractivity contribution in [1.29, 1.82) is 0 Å². The van der Waals surface area contributed by atoms with Crippen LogP contribution in [0.4, 0.5) is 0 Å². The van der Waals surface area contributed by atoms with Crippen LogP contribution >= 0.6 is 12.4 Å². The standard InChI is InChI=1S/C17H26N2O.ClH/c1-2-3-6-11-19-17(20)16-8-5-4-7-15(16)14-9-12-18-13-10-14;/h4-5,7-8,14,18H,2-3,6,9-13H2,1H3,(H,19,20);1H. The Bertz CT molecular complexity index is 431. The Hall–Kier alpha value is -1.06. The van der Waals surface area contributed by atoms with Crippen molar-refractivity contribution in [2.45, 2.75) is 44.9 Å². The molecular formula is C17H27ClN2O. The molecular weight excluding hydrogens is 284 g/mol. The number of carbonyl (C=O) groups is 1. The summed E-state index contributed by atoms with van der Waals surface area (Å²) in [5.74, 6) is 0.615. The third kappa shape index (κ3) is 5.33. The average molecular weight is 311 g/mol. The van der Waals surface area contributed by atoms with E-state index in [1.807, 2.05) is 18.2 Å². The van der Waals surface area contributed by atoms with Crippen LogP contribution in [0, 0.1) is 0 Å². The maximum absolute atomic E-state index is 12.3. The van der Waals surface area contributed by atoms with E-state index in [1.165, 1.54) is 18.4 Å². The van der Waals surface area contributed by atoms with Crippen molar-refractivity contribution in [2.75, 3.05) is 19.6 Å². The maximum Gasteiger partial charge on any atom is 0.251 e. The lowest BCUT2D eigenvalue weighted by Gasteiger charge is -2.24. The fourth-order valence-corrected chi connectivity index (χ4v) is 2.86. The van der Waals surface area contributed by atoms with Crippen molar-refractivity contribution >= 4 is 18.3 Å². The lowest BCUT2D eigenvalue weighted by atomic mass is 9.87. The van der Waals surface area contributed by atoms with Crippen LogP contribution in [-0.2, 0) is 0 Å². The fourth-order valence-electron chi connectivity index (χ4n) is 2.86. The van der Waals surface area contributed by atoms with Crippen LogP contribution in [0.5, 0.6) is 0 Å². The Balaban J connectivity index is 0.00000220. The highest BCUT2D eigenvalue weighted by Crippen LogP contribution is 2.27. The summed E-state index contributed by atoms with van der Waals surface area (Å²) < 4.78 is 0. The molecule has 0 saturated carbocycles. The molecule has 1 saturated heterocycles. The summed E-state index contributed by atoms with van der Waals surface area (Å²) in [6.07, 6.45) is 5.68. The van der Waals surface area contributed by atoms with Gasteiger partial charge in [-0.3, -0.25) is 4.79 Å². The summed E-state index contributed by atoms with van der Waals surface area (Å²) in [6, 6.07) is 8.10. The lowest BCUT2D eigenvalue weighted by Crippen LogP contribution is -2.29. The first kappa shape index (κ1) is 18.0. The Morgan fingerprint density at radius 2 is 1.95 bits per heavy atom. The monoisotopic (exact) mass is 310 g/mol. The van der Waals surface area contributed by atoms with Gasteiger partial charge in [-0.05, 0) is 49.9 Å². The van der Waals surface area contributed by atoms with E-state index in [0.717, 1.165) is 44.5 Å². The smallest absolute Gasteiger partial charge is 0.251 e. The number of unbranched alkanes of at least 4 members (excludes halogenated alkanes) is 2. The molecule has 1 aliphatic rings. The molecule has 1 amide bonds. The van der Waals surface area contributed by atoms with E-state index in [2.05, 4.69) is 23.6 Å². The van der Waals surface area contributed by atoms with Gasteiger partial charge >= 0.3 is 0 Å². The molecule has 118 valence electrons. The van der Waals surface area contributed by atoms with Crippen LogP contribution in [0.1, 0.15) is 60.9 Å². The second kappa shape index (κ2) is 9.80. The molecule has 1 fully saturated rings. The van der Waals surface area contributed by atoms with Crippen LogP contribution in [0.2, 0.25) is 0 Å². The Morgan fingerprint density at radius 3 is 2.67 bits per heavy atom. The summed E-state index contributed by atoms with van der Waals surface area (Å²) in [7, 11) is 0. The first-order valence-corrected chi connectivity index (χ1v) is 7.90. The van der Waals surface area contributed by atoms with Gasteiger partial charge in [0.05, 0.1) is 0 Å². The third-order valence-corrected chi connectivity index (χ3v) is 4.05. The van der Waals surface area contributed by atoms with Gasteiger partial charge in [0.25, 0.3) is 5.91 Å². The summed E-state index contributed by atoms with van der Waals surface area (Å²) in [5.41, 5.74) is 2.10. The molecule has 4 heteroatoms. The van der Waals surface area contributed by atoms with Crippen LogP contribution in [0.15, 0.2) is 24.3 Å². The van der Waals surface area contributed by atoms with Crippen molar-refractivity contribution in [2.24, 2.45) is 0 Å². The Kier molecular flexibility index (Phi) is 8.40. The van der Waals surface area contributed by atoms with Gasteiger partial charge in [-0.1, -0.05) is 38.0 Å². The van der Waals surface area contributed by atoms with Gasteiger partial charge < -0.3 is 10.6 Å². The zero-order valence-electron chi connectivity index (χ0n) is 12.9. The number of carbonyl (C=O) groups excluding carboxylic acids is 1. The number of hydrogen-bond donors (Lipinski definition) is 2. The molecule has 0 aliphatic carbocycles. The molecule has 21 heavy (non-hydrogen) atoms. The minimum absolute atomic E-state index is 0. The van der Waals surface area contributed by atoms with Crippen molar-refractivity contribution in [1.82, 2.24) is 10.6 Å². The van der Waals surface area contributed by atoms with Crippen LogP contribution in [-0.4, -0.2) is 25.5 Å². The van der Waals surface area contributed by atoms with Crippen LogP contribution in [0.3, 0.4) is 0 Å². The number of nitrogens with one attached hydrogen (secondary N) is 2. The van der Waals surface area contributed by atoms with E-state index in [1.54, 1.807) is 0 Å². The molecule has 2 rings (SSSR count). The SMILES string of the molecule is CCCCCNC(=O)c1ccccc1C1CCNCC1.Cl. The number of hydrogen-bond acceptors (Lipinski definition) is 2. The highest BCUT2D eigenvalue weighted by Gasteiger charge is 2.20. The second-order valence-electron chi connectivity index (χ2n) is 5.57. The number of piperidine rings is 1. The number of halogens is 1. The quantitative estimate of drug-likeness (QED) is 0.790. The van der Waals surface area contributed by atoms with Gasteiger partial charge in [0.1, 0.15) is 0 Å². The molecule has 0 spiro atoms. The van der Waals surface area contributed by atoms with E-state index >= 15 is 0 Å². The molecule has 1 aromatic carbocycles. The maximum atomic E-state index is 12.3. The number of rotatable bonds is 6. The van der Waals surface area contributed by atoms with Gasteiger partial charge in [0.2, 0.25) is 0 Å². The number of amides is 1. The number of benzene rings is 1. The van der Waals surface area contributed by atoms with Crippen molar-refractivity contribution in [3.63, 3.8) is 0 Å². The van der Waals surface area contributed by atoms with E-state index in [-0.39, 0.29) is 18.3 Å². The highest BCUT2D eigenvalue weighted by molar-refractivity contribution is 5.95. The largest absolute Gasteiger partial charge is 0.352 e. The van der Waals surface area contributed by atoms with Gasteiger partial charge in [-0.25, -0.2) is 0 Å². The van der Waals surface area contributed by atoms with Gasteiger partial charge in [0, 0.05) is 12.1 Å². The highest BCUT2D eigenvalue weighted by atomic mass is 35.5. The zero-order chi connectivity index (χ0) is 14.2. The molecule has 0 atom stereocenters. The minimum Gasteiger partial charge on any atom is -0.352 e. The molecule has 3 nitrogen and oxygen atoms in total. The first-order valence-electron chi connectivity index (χ1n) is 7.90. The molecule has 0 bridgehead atoms. The Labute approximate surface area is 134 Å². The van der Waals surface area contributed by atoms with Crippen LogP contribution in [0.25, 0.3) is 0 Å². The average Bonchev–Trinajstić information content (AvgIpc) is 2.52. The molecule has 1 aromatic rings. The van der Waals surface area contributed by atoms with Crippen molar-refractivity contribution in [3.8, 4) is 0 Å². The van der Waals surface area contributed by atoms with Gasteiger partial charge in [0.15, 0.2) is 0 Å². The van der Waals surface area contributed by atoms with E-state index < -0.39 is 0 Å². The second-order valence-corrected chi connectivity index (χ2v) is 5.57. The van der Waals surface area contributed by atoms with E-state index in [9.17, 15) is 4.79 Å². The normalized spacial score (nSPS) is 15.3. The van der Waals surface area contributed by atoms with E-state index in [4.69, 9.17) is 0 Å². The Morgan fingerprint density at radius 1 is 1.24 bits per heavy atom. The predicted octanol–water partition coefficient (Wildman–Crippen LogP) is 3.50. The van der Waals surface area contributed by atoms with Crippen LogP contribution < -0.4 is 10.6 Å². The molecule has 0 aromatic heterocycles. The van der Waals surface area contributed by atoms with E-state index in [0.29, 0.717) is 5.92 Å². The third-order valence-electron chi connectivity index (χ3n) is 4.05. The summed E-state index contributed by atoms with van der Waals surface area (Å²) >= 11 is 0.